The highest BCUT2D eigenvalue weighted by Crippen LogP contribution is 2.10. The molecule has 0 bridgehead atoms. The first-order chi connectivity index (χ1) is 5.20. The van der Waals surface area contributed by atoms with Crippen molar-refractivity contribution in [3.8, 4) is 0 Å². The zero-order valence-corrected chi connectivity index (χ0v) is 7.81. The maximum absolute atomic E-state index is 5.55. The van der Waals surface area contributed by atoms with E-state index in [0.29, 0.717) is 10.8 Å². The predicted molar refractivity (Wildman–Crippen MR) is 49.7 cm³/mol. The van der Waals surface area contributed by atoms with Crippen LogP contribution in [0.15, 0.2) is 12.1 Å². The molecule has 0 aliphatic carbocycles. The van der Waals surface area contributed by atoms with E-state index in [1.807, 2.05) is 20.8 Å². The molecule has 0 saturated carbocycles. The minimum absolute atomic E-state index is 0.488. The molecule has 0 spiro atoms. The van der Waals surface area contributed by atoms with Crippen LogP contribution in [0.2, 0.25) is 5.15 Å². The topological polar surface area (TPSA) is 38.9 Å². The number of pyridine rings is 1. The van der Waals surface area contributed by atoms with Crippen LogP contribution < -0.4 is 5.73 Å². The fourth-order valence-corrected chi connectivity index (χ4v) is 0.731. The third-order valence-corrected chi connectivity index (χ3v) is 1.30. The lowest BCUT2D eigenvalue weighted by atomic mass is 10.3. The van der Waals surface area contributed by atoms with Crippen LogP contribution in [-0.2, 0) is 0 Å². The molecule has 2 N–H and O–H groups in total. The van der Waals surface area contributed by atoms with E-state index in [4.69, 9.17) is 17.3 Å². The number of hydrogen-bond acceptors (Lipinski definition) is 2. The molecule has 0 aliphatic heterocycles. The van der Waals surface area contributed by atoms with Gasteiger partial charge in [0, 0.05) is 0 Å². The molecule has 1 aromatic rings. The Morgan fingerprint density at radius 1 is 1.36 bits per heavy atom. The second kappa shape index (κ2) is 4.97. The van der Waals surface area contributed by atoms with Crippen molar-refractivity contribution < 1.29 is 0 Å². The lowest BCUT2D eigenvalue weighted by Gasteiger charge is -1.96. The molecule has 3 heteroatoms. The van der Waals surface area contributed by atoms with Gasteiger partial charge in [0.15, 0.2) is 0 Å². The van der Waals surface area contributed by atoms with Gasteiger partial charge in [-0.05, 0) is 19.1 Å². The Balaban J connectivity index is 0.000000461. The molecule has 0 saturated heterocycles. The minimum Gasteiger partial charge on any atom is -0.397 e. The van der Waals surface area contributed by atoms with E-state index < -0.39 is 0 Å². The van der Waals surface area contributed by atoms with Crippen molar-refractivity contribution in [2.24, 2.45) is 0 Å². The number of aromatic nitrogens is 1. The molecule has 0 fully saturated rings. The summed E-state index contributed by atoms with van der Waals surface area (Å²) in [5, 5.41) is 0.488. The number of nitrogen functional groups attached to an aromatic ring is 1. The molecule has 2 nitrogen and oxygen atoms in total. The summed E-state index contributed by atoms with van der Waals surface area (Å²) >= 11 is 5.55. The minimum atomic E-state index is 0.488. The van der Waals surface area contributed by atoms with Gasteiger partial charge in [-0.3, -0.25) is 0 Å². The second-order valence-corrected chi connectivity index (χ2v) is 2.20. The van der Waals surface area contributed by atoms with Crippen molar-refractivity contribution in [1.82, 2.24) is 4.98 Å². The van der Waals surface area contributed by atoms with E-state index in [-0.39, 0.29) is 0 Å². The van der Waals surface area contributed by atoms with Crippen molar-refractivity contribution in [3.63, 3.8) is 0 Å². The Morgan fingerprint density at radius 2 is 1.91 bits per heavy atom. The second-order valence-electron chi connectivity index (χ2n) is 1.81. The van der Waals surface area contributed by atoms with Crippen molar-refractivity contribution in [3.05, 3.63) is 23.0 Å². The van der Waals surface area contributed by atoms with Gasteiger partial charge in [-0.15, -0.1) is 0 Å². The Hall–Kier alpha value is -0.760. The Kier molecular flexibility index (Phi) is 4.62. The molecule has 0 amide bonds. The number of anilines is 1. The van der Waals surface area contributed by atoms with Crippen molar-refractivity contribution in [2.45, 2.75) is 20.8 Å². The van der Waals surface area contributed by atoms with Crippen LogP contribution in [0.5, 0.6) is 0 Å². The summed E-state index contributed by atoms with van der Waals surface area (Å²) in [6.45, 7) is 5.82. The molecule has 0 aromatic carbocycles. The Morgan fingerprint density at radius 3 is 2.27 bits per heavy atom. The first kappa shape index (κ1) is 10.2. The highest BCUT2D eigenvalue weighted by atomic mass is 35.5. The monoisotopic (exact) mass is 172 g/mol. The summed E-state index contributed by atoms with van der Waals surface area (Å²) in [5.74, 6) is 0. The first-order valence-electron chi connectivity index (χ1n) is 3.59. The average Bonchev–Trinajstić information content (AvgIpc) is 2.02. The van der Waals surface area contributed by atoms with Crippen LogP contribution in [-0.4, -0.2) is 4.98 Å². The summed E-state index contributed by atoms with van der Waals surface area (Å²) in [6, 6.07) is 3.41. The lowest BCUT2D eigenvalue weighted by molar-refractivity contribution is 1.21. The van der Waals surface area contributed by atoms with E-state index >= 15 is 0 Å². The smallest absolute Gasteiger partial charge is 0.129 e. The maximum Gasteiger partial charge on any atom is 0.129 e. The largest absolute Gasteiger partial charge is 0.397 e. The number of aryl methyl sites for hydroxylation is 1. The number of nitrogens with two attached hydrogens (primary N) is 1. The summed E-state index contributed by atoms with van der Waals surface area (Å²) < 4.78 is 0. The van der Waals surface area contributed by atoms with Crippen LogP contribution in [0.3, 0.4) is 0 Å². The molecule has 62 valence electrons. The number of rotatable bonds is 0. The van der Waals surface area contributed by atoms with E-state index in [9.17, 15) is 0 Å². The normalized spacial score (nSPS) is 8.36. The number of hydrogen-bond donors (Lipinski definition) is 1. The van der Waals surface area contributed by atoms with Crippen molar-refractivity contribution in [2.75, 3.05) is 5.73 Å². The Labute approximate surface area is 72.4 Å². The third kappa shape index (κ3) is 3.23. The molecule has 1 heterocycles. The standard InChI is InChI=1S/C6H7ClN2.C2H6/c1-4-5(8)2-3-6(7)9-4;1-2/h2-3H,8H2,1H3;1-2H3. The number of halogens is 1. The first-order valence-corrected chi connectivity index (χ1v) is 3.96. The summed E-state index contributed by atoms with van der Waals surface area (Å²) in [5.41, 5.74) is 6.93. The number of nitrogens with zero attached hydrogens (tertiary/aromatic N) is 1. The van der Waals surface area contributed by atoms with Gasteiger partial charge in [0.2, 0.25) is 0 Å². The highest BCUT2D eigenvalue weighted by molar-refractivity contribution is 6.29. The van der Waals surface area contributed by atoms with Gasteiger partial charge in [-0.25, -0.2) is 4.98 Å². The van der Waals surface area contributed by atoms with Gasteiger partial charge in [0.05, 0.1) is 11.4 Å². The average molecular weight is 173 g/mol. The van der Waals surface area contributed by atoms with E-state index in [1.54, 1.807) is 12.1 Å². The molecule has 11 heavy (non-hydrogen) atoms. The van der Waals surface area contributed by atoms with Gasteiger partial charge < -0.3 is 5.73 Å². The zero-order chi connectivity index (χ0) is 8.85. The van der Waals surface area contributed by atoms with Crippen LogP contribution >= 0.6 is 11.6 Å². The van der Waals surface area contributed by atoms with E-state index in [2.05, 4.69) is 4.98 Å². The van der Waals surface area contributed by atoms with Gasteiger partial charge >= 0.3 is 0 Å². The van der Waals surface area contributed by atoms with Gasteiger partial charge in [-0.2, -0.15) is 0 Å². The molecule has 0 unspecified atom stereocenters. The maximum atomic E-state index is 5.55. The molecule has 1 rings (SSSR count). The predicted octanol–water partition coefficient (Wildman–Crippen LogP) is 2.65. The van der Waals surface area contributed by atoms with Crippen LogP contribution in [0, 0.1) is 6.92 Å². The molecular weight excluding hydrogens is 160 g/mol. The molecule has 0 atom stereocenters. The third-order valence-electron chi connectivity index (χ3n) is 1.09. The fraction of sp³-hybridized carbons (Fsp3) is 0.375. The lowest BCUT2D eigenvalue weighted by Crippen LogP contribution is -1.91. The molecular formula is C8H13ClN2. The van der Waals surface area contributed by atoms with Crippen molar-refractivity contribution >= 4 is 17.3 Å². The van der Waals surface area contributed by atoms with Gasteiger partial charge in [0.1, 0.15) is 5.15 Å². The van der Waals surface area contributed by atoms with Crippen molar-refractivity contribution in [1.29, 1.82) is 0 Å². The fourth-order valence-electron chi connectivity index (χ4n) is 0.541. The summed E-state index contributed by atoms with van der Waals surface area (Å²) in [4.78, 5) is 3.91. The summed E-state index contributed by atoms with van der Waals surface area (Å²) in [6.07, 6.45) is 0. The summed E-state index contributed by atoms with van der Waals surface area (Å²) in [7, 11) is 0. The quantitative estimate of drug-likeness (QED) is 0.612. The SMILES string of the molecule is CC.Cc1nc(Cl)ccc1N. The van der Waals surface area contributed by atoms with Crippen LogP contribution in [0.4, 0.5) is 5.69 Å². The van der Waals surface area contributed by atoms with Gasteiger partial charge in [-0.1, -0.05) is 25.4 Å². The zero-order valence-electron chi connectivity index (χ0n) is 7.06. The highest BCUT2D eigenvalue weighted by Gasteiger charge is 1.92. The van der Waals surface area contributed by atoms with Gasteiger partial charge in [0.25, 0.3) is 0 Å². The van der Waals surface area contributed by atoms with E-state index in [0.717, 1.165) is 5.69 Å². The molecule has 1 aromatic heterocycles. The van der Waals surface area contributed by atoms with Crippen LogP contribution in [0.1, 0.15) is 19.5 Å². The Bertz CT molecular complexity index is 223. The molecule has 0 aliphatic rings. The molecule has 0 radical (unpaired) electrons. The van der Waals surface area contributed by atoms with Crippen LogP contribution in [0.25, 0.3) is 0 Å². The van der Waals surface area contributed by atoms with E-state index in [1.165, 1.54) is 0 Å².